The summed E-state index contributed by atoms with van der Waals surface area (Å²) in [4.78, 5) is 0. The number of ether oxygens (including phenoxy) is 2. The van der Waals surface area contributed by atoms with E-state index in [1.165, 1.54) is 77.0 Å². The van der Waals surface area contributed by atoms with E-state index in [9.17, 15) is 0 Å². The van der Waals surface area contributed by atoms with E-state index in [4.69, 9.17) is 9.47 Å². The van der Waals surface area contributed by atoms with Gasteiger partial charge in [0, 0.05) is 5.56 Å². The highest BCUT2D eigenvalue weighted by atomic mass is 16.5. The van der Waals surface area contributed by atoms with Crippen molar-refractivity contribution in [1.29, 1.82) is 0 Å². The zero-order valence-electron chi connectivity index (χ0n) is 18.4. The Labute approximate surface area is 169 Å². The lowest BCUT2D eigenvalue weighted by Gasteiger charge is -2.14. The van der Waals surface area contributed by atoms with Crippen LogP contribution in [0.1, 0.15) is 109 Å². The Balaban J connectivity index is 2.15. The summed E-state index contributed by atoms with van der Waals surface area (Å²) in [6, 6.07) is 6.18. The number of benzene rings is 1. The Morgan fingerprint density at radius 2 is 0.926 bits per heavy atom. The molecule has 0 radical (unpaired) electrons. The molecular formula is C25H44O2. The molecule has 0 aromatic heterocycles. The summed E-state index contributed by atoms with van der Waals surface area (Å²) >= 11 is 0. The number of hydrogen-bond donors (Lipinski definition) is 0. The second-order valence-corrected chi connectivity index (χ2v) is 7.82. The summed E-state index contributed by atoms with van der Waals surface area (Å²) in [6.45, 7) is 8.27. The fourth-order valence-electron chi connectivity index (χ4n) is 3.39. The molecule has 1 aromatic rings. The molecule has 0 aliphatic carbocycles. The van der Waals surface area contributed by atoms with E-state index in [2.05, 4.69) is 32.9 Å². The molecule has 0 unspecified atom stereocenters. The number of rotatable bonds is 18. The third kappa shape index (κ3) is 12.0. The van der Waals surface area contributed by atoms with Crippen LogP contribution >= 0.6 is 0 Å². The van der Waals surface area contributed by atoms with Crippen LogP contribution in [-0.2, 0) is 0 Å². The van der Waals surface area contributed by atoms with E-state index < -0.39 is 0 Å². The van der Waals surface area contributed by atoms with E-state index >= 15 is 0 Å². The molecule has 0 heterocycles. The minimum atomic E-state index is 0.815. The maximum atomic E-state index is 6.01. The van der Waals surface area contributed by atoms with Crippen molar-refractivity contribution in [2.75, 3.05) is 13.2 Å². The first-order chi connectivity index (χ1) is 13.3. The van der Waals surface area contributed by atoms with Crippen LogP contribution in [0.25, 0.3) is 0 Å². The minimum Gasteiger partial charge on any atom is -0.493 e. The molecule has 0 spiro atoms. The molecule has 0 aliphatic rings. The molecule has 0 bridgehead atoms. The summed E-state index contributed by atoms with van der Waals surface area (Å²) in [7, 11) is 0. The molecule has 0 atom stereocenters. The Hall–Kier alpha value is -1.18. The maximum absolute atomic E-state index is 6.01. The highest BCUT2D eigenvalue weighted by molar-refractivity contribution is 5.43. The predicted molar refractivity (Wildman–Crippen MR) is 118 cm³/mol. The van der Waals surface area contributed by atoms with Gasteiger partial charge in [0.05, 0.1) is 13.2 Å². The monoisotopic (exact) mass is 376 g/mol. The van der Waals surface area contributed by atoms with Crippen molar-refractivity contribution in [3.63, 3.8) is 0 Å². The van der Waals surface area contributed by atoms with Gasteiger partial charge in [-0.2, -0.15) is 0 Å². The second kappa shape index (κ2) is 17.0. The zero-order chi connectivity index (χ0) is 19.6. The molecule has 0 fully saturated rings. The van der Waals surface area contributed by atoms with E-state index in [-0.39, 0.29) is 0 Å². The second-order valence-electron chi connectivity index (χ2n) is 7.82. The Bertz CT molecular complexity index is 417. The zero-order valence-corrected chi connectivity index (χ0v) is 18.4. The smallest absolute Gasteiger partial charge is 0.125 e. The Morgan fingerprint density at radius 1 is 0.556 bits per heavy atom. The molecule has 0 amide bonds. The Kier molecular flexibility index (Phi) is 15.0. The lowest BCUT2D eigenvalue weighted by Crippen LogP contribution is -2.02. The van der Waals surface area contributed by atoms with Crippen LogP contribution in [0, 0.1) is 6.92 Å². The topological polar surface area (TPSA) is 18.5 Å². The highest BCUT2D eigenvalue weighted by Crippen LogP contribution is 2.28. The summed E-state index contributed by atoms with van der Waals surface area (Å²) in [6.07, 6.45) is 18.4. The Morgan fingerprint density at radius 3 is 1.33 bits per heavy atom. The number of hydrogen-bond acceptors (Lipinski definition) is 2. The predicted octanol–water partition coefficient (Wildman–Crippen LogP) is 8.25. The summed E-state index contributed by atoms with van der Waals surface area (Å²) in [5.74, 6) is 1.97. The van der Waals surface area contributed by atoms with Crippen LogP contribution in [0.5, 0.6) is 11.5 Å². The molecule has 0 aliphatic heterocycles. The van der Waals surface area contributed by atoms with Crippen LogP contribution in [0.2, 0.25) is 0 Å². The quantitative estimate of drug-likeness (QED) is 0.240. The first-order valence-corrected chi connectivity index (χ1v) is 11.6. The minimum absolute atomic E-state index is 0.815. The molecular weight excluding hydrogens is 332 g/mol. The lowest BCUT2D eigenvalue weighted by molar-refractivity contribution is 0.286. The standard InChI is InChI=1S/C25H44O2/c1-4-6-8-10-12-14-16-21-26-24-19-18-20-25(23(24)3)27-22-17-15-13-11-9-7-5-2/h18-20H,4-17,21-22H2,1-3H3. The van der Waals surface area contributed by atoms with Crippen molar-refractivity contribution < 1.29 is 9.47 Å². The van der Waals surface area contributed by atoms with Crippen LogP contribution in [0.3, 0.4) is 0 Å². The van der Waals surface area contributed by atoms with Crippen molar-refractivity contribution in [3.8, 4) is 11.5 Å². The molecule has 27 heavy (non-hydrogen) atoms. The van der Waals surface area contributed by atoms with Crippen LogP contribution in [0.4, 0.5) is 0 Å². The lowest BCUT2D eigenvalue weighted by atomic mass is 10.1. The summed E-state index contributed by atoms with van der Waals surface area (Å²) < 4.78 is 12.0. The van der Waals surface area contributed by atoms with Crippen LogP contribution in [0.15, 0.2) is 18.2 Å². The van der Waals surface area contributed by atoms with Gasteiger partial charge in [0.2, 0.25) is 0 Å². The van der Waals surface area contributed by atoms with Gasteiger partial charge in [0.15, 0.2) is 0 Å². The average molecular weight is 377 g/mol. The molecule has 2 heteroatoms. The van der Waals surface area contributed by atoms with Gasteiger partial charge in [-0.3, -0.25) is 0 Å². The SMILES string of the molecule is CCCCCCCCCOc1cccc(OCCCCCCCCC)c1C. The van der Waals surface area contributed by atoms with Gasteiger partial charge in [-0.25, -0.2) is 0 Å². The van der Waals surface area contributed by atoms with Gasteiger partial charge < -0.3 is 9.47 Å². The average Bonchev–Trinajstić information content (AvgIpc) is 2.68. The van der Waals surface area contributed by atoms with Gasteiger partial charge in [-0.05, 0) is 31.9 Å². The largest absolute Gasteiger partial charge is 0.493 e. The first kappa shape index (κ1) is 23.9. The van der Waals surface area contributed by atoms with Gasteiger partial charge in [-0.15, -0.1) is 0 Å². The molecule has 0 saturated heterocycles. The van der Waals surface area contributed by atoms with E-state index in [0.29, 0.717) is 0 Å². The van der Waals surface area contributed by atoms with Crippen molar-refractivity contribution in [1.82, 2.24) is 0 Å². The normalized spacial score (nSPS) is 10.9. The maximum Gasteiger partial charge on any atom is 0.125 e. The van der Waals surface area contributed by atoms with Crippen molar-refractivity contribution >= 4 is 0 Å². The fourth-order valence-corrected chi connectivity index (χ4v) is 3.39. The first-order valence-electron chi connectivity index (χ1n) is 11.6. The van der Waals surface area contributed by atoms with Crippen molar-refractivity contribution in [3.05, 3.63) is 23.8 Å². The molecule has 1 rings (SSSR count). The molecule has 1 aromatic carbocycles. The van der Waals surface area contributed by atoms with E-state index in [1.54, 1.807) is 0 Å². The molecule has 0 N–H and O–H groups in total. The van der Waals surface area contributed by atoms with Crippen LogP contribution in [-0.4, -0.2) is 13.2 Å². The summed E-state index contributed by atoms with van der Waals surface area (Å²) in [5.41, 5.74) is 1.14. The van der Waals surface area contributed by atoms with Crippen molar-refractivity contribution in [2.24, 2.45) is 0 Å². The van der Waals surface area contributed by atoms with Gasteiger partial charge in [0.1, 0.15) is 11.5 Å². The third-order valence-electron chi connectivity index (χ3n) is 5.25. The van der Waals surface area contributed by atoms with Gasteiger partial charge in [-0.1, -0.05) is 97.0 Å². The molecule has 2 nitrogen and oxygen atoms in total. The van der Waals surface area contributed by atoms with Crippen molar-refractivity contribution in [2.45, 2.75) is 111 Å². The van der Waals surface area contributed by atoms with E-state index in [1.807, 2.05) is 6.07 Å². The summed E-state index contributed by atoms with van der Waals surface area (Å²) in [5, 5.41) is 0. The van der Waals surface area contributed by atoms with Gasteiger partial charge in [0.25, 0.3) is 0 Å². The third-order valence-corrected chi connectivity index (χ3v) is 5.25. The van der Waals surface area contributed by atoms with Crippen LogP contribution < -0.4 is 9.47 Å². The molecule has 0 saturated carbocycles. The molecule has 156 valence electrons. The highest BCUT2D eigenvalue weighted by Gasteiger charge is 2.06. The van der Waals surface area contributed by atoms with E-state index in [0.717, 1.165) is 43.1 Å². The van der Waals surface area contributed by atoms with Gasteiger partial charge >= 0.3 is 0 Å². The number of unbranched alkanes of at least 4 members (excludes halogenated alkanes) is 12. The fraction of sp³-hybridized carbons (Fsp3) is 0.760.